The van der Waals surface area contributed by atoms with Crippen LogP contribution in [0.3, 0.4) is 0 Å². The molecule has 6 heteroatoms. The van der Waals surface area contributed by atoms with Crippen molar-refractivity contribution >= 4 is 0 Å². The molecule has 1 aromatic heterocycles. The maximum Gasteiger partial charge on any atom is 0.187 e. The van der Waals surface area contributed by atoms with E-state index >= 15 is 0 Å². The maximum atomic E-state index is 13.0. The van der Waals surface area contributed by atoms with E-state index in [0.717, 1.165) is 12.1 Å². The predicted octanol–water partition coefficient (Wildman–Crippen LogP) is 2.26. The Morgan fingerprint density at radius 2 is 1.89 bits per heavy atom. The van der Waals surface area contributed by atoms with E-state index in [4.69, 9.17) is 9.63 Å². The molecule has 4 nitrogen and oxygen atoms in total. The average molecular weight is 254 g/mol. The van der Waals surface area contributed by atoms with Crippen molar-refractivity contribution in [1.29, 1.82) is 0 Å². The van der Waals surface area contributed by atoms with Crippen molar-refractivity contribution in [2.75, 3.05) is 0 Å². The molecule has 2 N–H and O–H groups in total. The van der Waals surface area contributed by atoms with Gasteiger partial charge in [-0.2, -0.15) is 0 Å². The molecule has 0 saturated heterocycles. The van der Waals surface area contributed by atoms with Crippen LogP contribution in [0.25, 0.3) is 0 Å². The van der Waals surface area contributed by atoms with E-state index in [0.29, 0.717) is 23.6 Å². The number of benzene rings is 1. The summed E-state index contributed by atoms with van der Waals surface area (Å²) in [4.78, 5) is 0. The molecule has 0 amide bonds. The Bertz CT molecular complexity index is 532. The highest BCUT2D eigenvalue weighted by molar-refractivity contribution is 5.29. The van der Waals surface area contributed by atoms with Gasteiger partial charge in [-0.1, -0.05) is 5.16 Å². The molecule has 0 aliphatic carbocycles. The number of phenolic OH excluding ortho intramolecular Hbond substituents is 1. The van der Waals surface area contributed by atoms with Crippen LogP contribution < -0.4 is 5.32 Å². The molecule has 0 aliphatic rings. The zero-order valence-corrected chi connectivity index (χ0v) is 9.70. The highest BCUT2D eigenvalue weighted by Gasteiger charge is 2.09. The van der Waals surface area contributed by atoms with Crippen LogP contribution in [0.5, 0.6) is 5.75 Å². The molecular weight excluding hydrogens is 242 g/mol. The highest BCUT2D eigenvalue weighted by atomic mass is 19.1. The number of aryl methyl sites for hydroxylation is 1. The summed E-state index contributed by atoms with van der Waals surface area (Å²) >= 11 is 0. The second kappa shape index (κ2) is 5.14. The molecular formula is C12H12F2N2O2. The Morgan fingerprint density at radius 1 is 1.22 bits per heavy atom. The lowest BCUT2D eigenvalue weighted by atomic mass is 10.2. The van der Waals surface area contributed by atoms with Crippen LogP contribution in [0.2, 0.25) is 0 Å². The number of hydrogen-bond donors (Lipinski definition) is 2. The third-order valence-corrected chi connectivity index (χ3v) is 2.39. The largest absolute Gasteiger partial charge is 0.503 e. The van der Waals surface area contributed by atoms with Gasteiger partial charge < -0.3 is 14.9 Å². The fraction of sp³-hybridized carbons (Fsp3) is 0.250. The van der Waals surface area contributed by atoms with E-state index in [1.807, 2.05) is 0 Å². The number of rotatable bonds is 4. The fourth-order valence-electron chi connectivity index (χ4n) is 1.56. The first-order valence-corrected chi connectivity index (χ1v) is 5.36. The van der Waals surface area contributed by atoms with Gasteiger partial charge in [-0.15, -0.1) is 0 Å². The van der Waals surface area contributed by atoms with E-state index in [1.165, 1.54) is 0 Å². The number of hydrogen-bond acceptors (Lipinski definition) is 4. The summed E-state index contributed by atoms with van der Waals surface area (Å²) < 4.78 is 31.0. The molecule has 2 rings (SSSR count). The Morgan fingerprint density at radius 3 is 2.44 bits per heavy atom. The molecule has 0 bridgehead atoms. The molecule has 1 aromatic carbocycles. The summed E-state index contributed by atoms with van der Waals surface area (Å²) in [6.45, 7) is 2.47. The highest BCUT2D eigenvalue weighted by Crippen LogP contribution is 2.21. The van der Waals surface area contributed by atoms with Crippen LogP contribution >= 0.6 is 0 Å². The molecule has 1 heterocycles. The third-order valence-electron chi connectivity index (χ3n) is 2.39. The molecule has 0 radical (unpaired) electrons. The van der Waals surface area contributed by atoms with Gasteiger partial charge in [0, 0.05) is 19.2 Å². The van der Waals surface area contributed by atoms with Crippen LogP contribution in [0.4, 0.5) is 8.78 Å². The number of nitrogens with zero attached hydrogens (tertiary/aromatic N) is 1. The van der Waals surface area contributed by atoms with Crippen LogP contribution in [0, 0.1) is 18.6 Å². The number of phenols is 1. The predicted molar refractivity (Wildman–Crippen MR) is 59.8 cm³/mol. The van der Waals surface area contributed by atoms with Crippen molar-refractivity contribution in [2.24, 2.45) is 0 Å². The van der Waals surface area contributed by atoms with Crippen molar-refractivity contribution in [1.82, 2.24) is 10.5 Å². The zero-order chi connectivity index (χ0) is 13.1. The lowest BCUT2D eigenvalue weighted by Gasteiger charge is -2.05. The van der Waals surface area contributed by atoms with Crippen molar-refractivity contribution in [3.05, 3.63) is 46.9 Å². The van der Waals surface area contributed by atoms with Crippen molar-refractivity contribution in [3.8, 4) is 5.75 Å². The van der Waals surface area contributed by atoms with Gasteiger partial charge >= 0.3 is 0 Å². The summed E-state index contributed by atoms with van der Waals surface area (Å²) in [7, 11) is 0. The molecule has 0 aliphatic heterocycles. The second-order valence-electron chi connectivity index (χ2n) is 3.94. The first-order valence-electron chi connectivity index (χ1n) is 5.36. The molecule has 0 atom stereocenters. The smallest absolute Gasteiger partial charge is 0.187 e. The van der Waals surface area contributed by atoms with Crippen LogP contribution in [-0.4, -0.2) is 10.3 Å². The monoisotopic (exact) mass is 254 g/mol. The molecule has 2 aromatic rings. The van der Waals surface area contributed by atoms with Crippen molar-refractivity contribution < 1.29 is 18.4 Å². The van der Waals surface area contributed by atoms with Gasteiger partial charge in [-0.25, -0.2) is 8.78 Å². The van der Waals surface area contributed by atoms with Gasteiger partial charge in [-0.05, 0) is 24.6 Å². The molecule has 0 fully saturated rings. The summed E-state index contributed by atoms with van der Waals surface area (Å²) in [6.07, 6.45) is 0. The zero-order valence-electron chi connectivity index (χ0n) is 9.70. The van der Waals surface area contributed by atoms with E-state index in [1.54, 1.807) is 13.0 Å². The van der Waals surface area contributed by atoms with Gasteiger partial charge in [0.2, 0.25) is 0 Å². The number of halogens is 2. The topological polar surface area (TPSA) is 58.3 Å². The molecule has 0 spiro atoms. The van der Waals surface area contributed by atoms with Crippen molar-refractivity contribution in [3.63, 3.8) is 0 Å². The summed E-state index contributed by atoms with van der Waals surface area (Å²) in [5.41, 5.74) is 1.12. The quantitative estimate of drug-likeness (QED) is 0.878. The number of aromatic nitrogens is 1. The first-order chi connectivity index (χ1) is 8.56. The van der Waals surface area contributed by atoms with E-state index in [-0.39, 0.29) is 6.54 Å². The van der Waals surface area contributed by atoms with Gasteiger partial charge in [-0.3, -0.25) is 0 Å². The minimum absolute atomic E-state index is 0.264. The van der Waals surface area contributed by atoms with E-state index < -0.39 is 17.4 Å². The Hall–Kier alpha value is -1.95. The molecule has 18 heavy (non-hydrogen) atoms. The van der Waals surface area contributed by atoms with E-state index in [9.17, 15) is 8.78 Å². The standard InChI is InChI=1S/C12H12F2N2O2/c1-7-2-9(16-18-7)6-15-5-8-3-10(13)12(17)11(14)4-8/h2-4,15,17H,5-6H2,1H3. The van der Waals surface area contributed by atoms with Crippen molar-refractivity contribution in [2.45, 2.75) is 20.0 Å². The first kappa shape index (κ1) is 12.5. The summed E-state index contributed by atoms with van der Waals surface area (Å²) in [5.74, 6) is -2.19. The lowest BCUT2D eigenvalue weighted by molar-refractivity contribution is 0.387. The average Bonchev–Trinajstić information content (AvgIpc) is 2.72. The number of nitrogens with one attached hydrogen (secondary N) is 1. The van der Waals surface area contributed by atoms with Gasteiger partial charge in [0.05, 0.1) is 5.69 Å². The van der Waals surface area contributed by atoms with Crippen LogP contribution in [0.15, 0.2) is 22.7 Å². The Balaban J connectivity index is 1.94. The Kier molecular flexibility index (Phi) is 3.57. The fourth-order valence-corrected chi connectivity index (χ4v) is 1.56. The SMILES string of the molecule is Cc1cc(CNCc2cc(F)c(O)c(F)c2)no1. The van der Waals surface area contributed by atoms with Gasteiger partial charge in [0.1, 0.15) is 5.76 Å². The second-order valence-corrected chi connectivity index (χ2v) is 3.94. The minimum Gasteiger partial charge on any atom is -0.503 e. The van der Waals surface area contributed by atoms with Crippen LogP contribution in [-0.2, 0) is 13.1 Å². The summed E-state index contributed by atoms with van der Waals surface area (Å²) in [6, 6.07) is 3.93. The molecule has 96 valence electrons. The summed E-state index contributed by atoms with van der Waals surface area (Å²) in [5, 5.41) is 15.7. The van der Waals surface area contributed by atoms with Gasteiger partial charge in [0.25, 0.3) is 0 Å². The third kappa shape index (κ3) is 2.84. The van der Waals surface area contributed by atoms with E-state index in [2.05, 4.69) is 10.5 Å². The molecule has 0 unspecified atom stereocenters. The van der Waals surface area contributed by atoms with Crippen LogP contribution in [0.1, 0.15) is 17.0 Å². The Labute approximate surface area is 102 Å². The van der Waals surface area contributed by atoms with Gasteiger partial charge in [0.15, 0.2) is 17.4 Å². The lowest BCUT2D eigenvalue weighted by Crippen LogP contribution is -2.13. The number of aromatic hydroxyl groups is 1. The molecule has 0 saturated carbocycles. The minimum atomic E-state index is -0.968. The normalized spacial score (nSPS) is 10.8. The maximum absolute atomic E-state index is 13.0.